The zero-order chi connectivity index (χ0) is 15.5. The predicted molar refractivity (Wildman–Crippen MR) is 69.3 cm³/mol. The molecule has 1 rings (SSSR count). The molecule has 0 aliphatic carbocycles. The summed E-state index contributed by atoms with van der Waals surface area (Å²) in [5, 5.41) is 2.13. The van der Waals surface area contributed by atoms with Crippen molar-refractivity contribution in [1.82, 2.24) is 5.32 Å². The Morgan fingerprint density at radius 1 is 1.30 bits per heavy atom. The Kier molecular flexibility index (Phi) is 4.81. The van der Waals surface area contributed by atoms with Gasteiger partial charge in [0.2, 0.25) is 0 Å². The quantitative estimate of drug-likeness (QED) is 0.868. The molecule has 1 N–H and O–H groups in total. The van der Waals surface area contributed by atoms with Gasteiger partial charge in [-0.3, -0.25) is 0 Å². The first-order valence-corrected chi connectivity index (χ1v) is 6.04. The second-order valence-electron chi connectivity index (χ2n) is 5.40. The van der Waals surface area contributed by atoms with Crippen molar-refractivity contribution < 1.29 is 23.1 Å². The third kappa shape index (κ3) is 4.29. The molecule has 1 aromatic rings. The van der Waals surface area contributed by atoms with Crippen molar-refractivity contribution in [2.45, 2.75) is 39.3 Å². The molecular weight excluding hydrogens is 268 g/mol. The lowest BCUT2D eigenvalue weighted by Crippen LogP contribution is -2.36. The van der Waals surface area contributed by atoms with Gasteiger partial charge in [0, 0.05) is 0 Å². The van der Waals surface area contributed by atoms with Crippen molar-refractivity contribution in [3.63, 3.8) is 0 Å². The number of benzene rings is 1. The average Bonchev–Trinajstić information content (AvgIpc) is 2.23. The number of hydrogen-bond acceptors (Lipinski definition) is 3. The third-order valence-corrected chi connectivity index (χ3v) is 2.34. The molecule has 0 bridgehead atoms. The molecule has 1 unspecified atom stereocenters. The van der Waals surface area contributed by atoms with Gasteiger partial charge in [-0.1, -0.05) is 0 Å². The summed E-state index contributed by atoms with van der Waals surface area (Å²) in [7, 11) is 0. The van der Waals surface area contributed by atoms with E-state index in [0.29, 0.717) is 5.56 Å². The molecule has 1 aromatic carbocycles. The molecule has 4 nitrogen and oxygen atoms in total. The molecule has 0 saturated heterocycles. The van der Waals surface area contributed by atoms with Crippen molar-refractivity contribution in [3.05, 3.63) is 34.9 Å². The maximum Gasteiger partial charge on any atom is 0.408 e. The summed E-state index contributed by atoms with van der Waals surface area (Å²) in [6.45, 7) is 6.42. The fourth-order valence-electron chi connectivity index (χ4n) is 1.62. The van der Waals surface area contributed by atoms with Crippen molar-refractivity contribution in [1.29, 1.82) is 0 Å². The molecule has 0 aliphatic heterocycles. The SMILES string of the molecule is Cc1cc(F)c(C(C=O)NC(=O)OC(C)(C)C)c(F)c1. The molecule has 0 spiro atoms. The Balaban J connectivity index is 2.98. The summed E-state index contributed by atoms with van der Waals surface area (Å²) in [4.78, 5) is 22.5. The number of carbonyl (C=O) groups excluding carboxylic acids is 2. The smallest absolute Gasteiger partial charge is 0.408 e. The average molecular weight is 285 g/mol. The standard InChI is InChI=1S/C14H17F2NO3/c1-8-5-9(15)12(10(16)6-8)11(7-18)17-13(19)20-14(2,3)4/h5-7,11H,1-4H3,(H,17,19). The van der Waals surface area contributed by atoms with Crippen LogP contribution in [-0.4, -0.2) is 18.0 Å². The van der Waals surface area contributed by atoms with Crippen LogP contribution in [0.2, 0.25) is 0 Å². The number of hydrogen-bond donors (Lipinski definition) is 1. The van der Waals surface area contributed by atoms with Crippen molar-refractivity contribution >= 4 is 12.4 Å². The van der Waals surface area contributed by atoms with Gasteiger partial charge in [0.15, 0.2) is 0 Å². The number of nitrogens with one attached hydrogen (secondary N) is 1. The molecule has 6 heteroatoms. The van der Waals surface area contributed by atoms with E-state index in [9.17, 15) is 18.4 Å². The van der Waals surface area contributed by atoms with E-state index in [-0.39, 0.29) is 6.29 Å². The van der Waals surface area contributed by atoms with E-state index in [0.717, 1.165) is 12.1 Å². The molecule has 0 aliphatic rings. The van der Waals surface area contributed by atoms with E-state index in [1.165, 1.54) is 6.92 Å². The Morgan fingerprint density at radius 2 is 1.80 bits per heavy atom. The molecule has 1 atom stereocenters. The number of ether oxygens (including phenoxy) is 1. The van der Waals surface area contributed by atoms with Gasteiger partial charge in [-0.2, -0.15) is 0 Å². The lowest BCUT2D eigenvalue weighted by atomic mass is 10.0. The summed E-state index contributed by atoms with van der Waals surface area (Å²) in [6, 6.07) is 0.739. The molecule has 0 saturated carbocycles. The highest BCUT2D eigenvalue weighted by Crippen LogP contribution is 2.21. The maximum atomic E-state index is 13.7. The molecule has 0 heterocycles. The van der Waals surface area contributed by atoms with Crippen LogP contribution in [0.15, 0.2) is 12.1 Å². The monoisotopic (exact) mass is 285 g/mol. The van der Waals surface area contributed by atoms with Gasteiger partial charge < -0.3 is 14.8 Å². The van der Waals surface area contributed by atoms with Crippen LogP contribution in [0.5, 0.6) is 0 Å². The third-order valence-electron chi connectivity index (χ3n) is 2.34. The van der Waals surface area contributed by atoms with E-state index < -0.39 is 34.9 Å². The van der Waals surface area contributed by atoms with Crippen LogP contribution in [0.4, 0.5) is 13.6 Å². The van der Waals surface area contributed by atoms with Gasteiger partial charge in [-0.05, 0) is 45.4 Å². The Bertz CT molecular complexity index is 501. The summed E-state index contributed by atoms with van der Waals surface area (Å²) >= 11 is 0. The van der Waals surface area contributed by atoms with E-state index >= 15 is 0 Å². The lowest BCUT2D eigenvalue weighted by molar-refractivity contribution is -0.109. The number of aryl methyl sites for hydroxylation is 1. The fraction of sp³-hybridized carbons (Fsp3) is 0.429. The molecule has 1 amide bonds. The highest BCUT2D eigenvalue weighted by atomic mass is 19.1. The molecule has 110 valence electrons. The first-order chi connectivity index (χ1) is 9.14. The van der Waals surface area contributed by atoms with E-state index in [2.05, 4.69) is 5.32 Å². The number of carbonyl (C=O) groups is 2. The van der Waals surface area contributed by atoms with Gasteiger partial charge in [0.1, 0.15) is 29.6 Å². The first kappa shape index (κ1) is 16.1. The predicted octanol–water partition coefficient (Wildman–Crippen LogP) is 3.04. The van der Waals surface area contributed by atoms with Crippen molar-refractivity contribution in [3.8, 4) is 0 Å². The van der Waals surface area contributed by atoms with Crippen LogP contribution >= 0.6 is 0 Å². The Labute approximate surface area is 116 Å². The number of alkyl carbamates (subject to hydrolysis) is 1. The van der Waals surface area contributed by atoms with Gasteiger partial charge in [-0.15, -0.1) is 0 Å². The van der Waals surface area contributed by atoms with Crippen molar-refractivity contribution in [2.75, 3.05) is 0 Å². The lowest BCUT2D eigenvalue weighted by Gasteiger charge is -2.22. The second kappa shape index (κ2) is 5.98. The van der Waals surface area contributed by atoms with Crippen LogP contribution in [0.25, 0.3) is 0 Å². The zero-order valence-corrected chi connectivity index (χ0v) is 11.8. The normalized spacial score (nSPS) is 12.7. The van der Waals surface area contributed by atoms with Crippen LogP contribution in [0.3, 0.4) is 0 Å². The maximum absolute atomic E-state index is 13.7. The van der Waals surface area contributed by atoms with Gasteiger partial charge in [0.25, 0.3) is 0 Å². The molecule has 20 heavy (non-hydrogen) atoms. The Morgan fingerprint density at radius 3 is 2.20 bits per heavy atom. The summed E-state index contributed by atoms with van der Waals surface area (Å²) in [6.07, 6.45) is -0.672. The van der Waals surface area contributed by atoms with Crippen molar-refractivity contribution in [2.24, 2.45) is 0 Å². The van der Waals surface area contributed by atoms with E-state index in [1.54, 1.807) is 20.8 Å². The minimum atomic E-state index is -1.44. The number of halogens is 2. The molecule has 0 aromatic heterocycles. The topological polar surface area (TPSA) is 55.4 Å². The van der Waals surface area contributed by atoms with Gasteiger partial charge in [0.05, 0.1) is 5.56 Å². The number of rotatable bonds is 3. The van der Waals surface area contributed by atoms with E-state index in [4.69, 9.17) is 4.74 Å². The molecular formula is C14H17F2NO3. The summed E-state index contributed by atoms with van der Waals surface area (Å²) < 4.78 is 32.4. The number of amides is 1. The van der Waals surface area contributed by atoms with Crippen LogP contribution in [-0.2, 0) is 9.53 Å². The van der Waals surface area contributed by atoms with Crippen LogP contribution in [0, 0.1) is 18.6 Å². The zero-order valence-electron chi connectivity index (χ0n) is 11.8. The Hall–Kier alpha value is -1.98. The minimum absolute atomic E-state index is 0.251. The highest BCUT2D eigenvalue weighted by Gasteiger charge is 2.24. The molecule has 0 radical (unpaired) electrons. The second-order valence-corrected chi connectivity index (χ2v) is 5.40. The van der Waals surface area contributed by atoms with Gasteiger partial charge >= 0.3 is 6.09 Å². The highest BCUT2D eigenvalue weighted by molar-refractivity contribution is 5.74. The first-order valence-electron chi connectivity index (χ1n) is 6.04. The van der Waals surface area contributed by atoms with Gasteiger partial charge in [-0.25, -0.2) is 13.6 Å². The van der Waals surface area contributed by atoms with E-state index in [1.807, 2.05) is 0 Å². The number of aldehydes is 1. The summed E-state index contributed by atoms with van der Waals surface area (Å²) in [5.74, 6) is -1.79. The molecule has 0 fully saturated rings. The fourth-order valence-corrected chi connectivity index (χ4v) is 1.62. The summed E-state index contributed by atoms with van der Waals surface area (Å²) in [5.41, 5.74) is -0.899. The van der Waals surface area contributed by atoms with Crippen LogP contribution < -0.4 is 5.32 Å². The minimum Gasteiger partial charge on any atom is -0.444 e. The largest absolute Gasteiger partial charge is 0.444 e. The van der Waals surface area contributed by atoms with Crippen LogP contribution in [0.1, 0.15) is 37.9 Å².